The fraction of sp³-hybridized carbons (Fsp3) is 0.417. The molecule has 0 radical (unpaired) electrons. The minimum atomic E-state index is -0.556. The van der Waals surface area contributed by atoms with Gasteiger partial charge in [0.05, 0.1) is 5.69 Å². The number of amides is 1. The van der Waals surface area contributed by atoms with Crippen LogP contribution in [0, 0.1) is 5.82 Å². The summed E-state index contributed by atoms with van der Waals surface area (Å²) >= 11 is 0. The zero-order valence-corrected chi connectivity index (χ0v) is 10.2. The predicted octanol–water partition coefficient (Wildman–Crippen LogP) is 1.09. The summed E-state index contributed by atoms with van der Waals surface area (Å²) in [7, 11) is 3.56. The molecule has 94 valence electrons. The van der Waals surface area contributed by atoms with Gasteiger partial charge in [0.25, 0.3) is 5.91 Å². The summed E-state index contributed by atoms with van der Waals surface area (Å²) in [6.45, 7) is 1.47. The van der Waals surface area contributed by atoms with Gasteiger partial charge in [0.15, 0.2) is 0 Å². The van der Waals surface area contributed by atoms with Crippen molar-refractivity contribution >= 4 is 11.6 Å². The molecule has 0 aromatic heterocycles. The molecule has 0 saturated carbocycles. The number of nitrogens with two attached hydrogens (primary N) is 1. The highest BCUT2D eigenvalue weighted by Gasteiger charge is 2.12. The van der Waals surface area contributed by atoms with Crippen LogP contribution in [0.25, 0.3) is 0 Å². The molecule has 0 bridgehead atoms. The van der Waals surface area contributed by atoms with E-state index in [-0.39, 0.29) is 11.6 Å². The SMILES string of the molecule is CNCCCN(C)C(=O)c1ccc(N)c(F)c1. The lowest BCUT2D eigenvalue weighted by atomic mass is 10.1. The lowest BCUT2D eigenvalue weighted by molar-refractivity contribution is 0.0793. The number of rotatable bonds is 5. The van der Waals surface area contributed by atoms with Crippen molar-refractivity contribution < 1.29 is 9.18 Å². The van der Waals surface area contributed by atoms with Crippen LogP contribution < -0.4 is 11.1 Å². The third-order valence-electron chi connectivity index (χ3n) is 2.51. The maximum atomic E-state index is 13.2. The molecule has 0 aliphatic heterocycles. The van der Waals surface area contributed by atoms with Gasteiger partial charge in [-0.05, 0) is 38.2 Å². The van der Waals surface area contributed by atoms with Gasteiger partial charge in [-0.1, -0.05) is 0 Å². The standard InChI is InChI=1S/C12H18FN3O/c1-15-6-3-7-16(2)12(17)9-4-5-11(14)10(13)8-9/h4-5,8,15H,3,6-7,14H2,1-2H3. The first-order valence-corrected chi connectivity index (χ1v) is 5.51. The van der Waals surface area contributed by atoms with Crippen LogP contribution >= 0.6 is 0 Å². The molecule has 1 amide bonds. The highest BCUT2D eigenvalue weighted by atomic mass is 19.1. The van der Waals surface area contributed by atoms with Crippen molar-refractivity contribution in [1.29, 1.82) is 0 Å². The molecular weight excluding hydrogens is 221 g/mol. The van der Waals surface area contributed by atoms with Gasteiger partial charge in [-0.15, -0.1) is 0 Å². The molecule has 0 unspecified atom stereocenters. The van der Waals surface area contributed by atoms with Crippen molar-refractivity contribution in [3.8, 4) is 0 Å². The maximum absolute atomic E-state index is 13.2. The van der Waals surface area contributed by atoms with Gasteiger partial charge < -0.3 is 16.0 Å². The molecule has 0 aliphatic carbocycles. The topological polar surface area (TPSA) is 58.4 Å². The Labute approximate surface area is 101 Å². The number of benzene rings is 1. The number of halogens is 1. The molecule has 1 aromatic rings. The number of nitrogens with one attached hydrogen (secondary N) is 1. The molecule has 4 nitrogen and oxygen atoms in total. The fourth-order valence-corrected chi connectivity index (χ4v) is 1.48. The number of nitrogens with zero attached hydrogens (tertiary/aromatic N) is 1. The minimum Gasteiger partial charge on any atom is -0.396 e. The van der Waals surface area contributed by atoms with Crippen LogP contribution in [0.2, 0.25) is 0 Å². The number of hydrogen-bond acceptors (Lipinski definition) is 3. The first kappa shape index (κ1) is 13.4. The monoisotopic (exact) mass is 239 g/mol. The van der Waals surface area contributed by atoms with Crippen LogP contribution in [0.3, 0.4) is 0 Å². The predicted molar refractivity (Wildman–Crippen MR) is 66.3 cm³/mol. The van der Waals surface area contributed by atoms with Gasteiger partial charge in [0.2, 0.25) is 0 Å². The molecule has 17 heavy (non-hydrogen) atoms. The van der Waals surface area contributed by atoms with Crippen LogP contribution in [0.5, 0.6) is 0 Å². The Hall–Kier alpha value is -1.62. The third kappa shape index (κ3) is 3.71. The van der Waals surface area contributed by atoms with E-state index >= 15 is 0 Å². The summed E-state index contributed by atoms with van der Waals surface area (Å²) < 4.78 is 13.2. The van der Waals surface area contributed by atoms with E-state index < -0.39 is 5.82 Å². The molecule has 0 saturated heterocycles. The first-order chi connectivity index (χ1) is 8.06. The van der Waals surface area contributed by atoms with E-state index in [1.165, 1.54) is 18.2 Å². The summed E-state index contributed by atoms with van der Waals surface area (Å²) in [5, 5.41) is 3.00. The zero-order chi connectivity index (χ0) is 12.8. The van der Waals surface area contributed by atoms with E-state index in [1.807, 2.05) is 7.05 Å². The van der Waals surface area contributed by atoms with Crippen molar-refractivity contribution in [1.82, 2.24) is 10.2 Å². The van der Waals surface area contributed by atoms with Gasteiger partial charge in [-0.3, -0.25) is 4.79 Å². The molecule has 1 rings (SSSR count). The molecule has 0 heterocycles. The Morgan fingerprint density at radius 1 is 1.53 bits per heavy atom. The summed E-state index contributed by atoms with van der Waals surface area (Å²) in [6.07, 6.45) is 0.857. The highest BCUT2D eigenvalue weighted by molar-refractivity contribution is 5.94. The number of anilines is 1. The Kier molecular flexibility index (Phi) is 4.90. The molecule has 3 N–H and O–H groups in total. The summed E-state index contributed by atoms with van der Waals surface area (Å²) in [4.78, 5) is 13.5. The van der Waals surface area contributed by atoms with Crippen LogP contribution in [0.15, 0.2) is 18.2 Å². The lowest BCUT2D eigenvalue weighted by Gasteiger charge is -2.17. The normalized spacial score (nSPS) is 10.3. The number of carbonyl (C=O) groups excluding carboxylic acids is 1. The van der Waals surface area contributed by atoms with Crippen LogP contribution in [0.4, 0.5) is 10.1 Å². The molecule has 0 spiro atoms. The second kappa shape index (κ2) is 6.20. The van der Waals surface area contributed by atoms with Gasteiger partial charge in [0.1, 0.15) is 5.82 Å². The van der Waals surface area contributed by atoms with Crippen molar-refractivity contribution in [3.63, 3.8) is 0 Å². The molecule has 0 aliphatic rings. The van der Waals surface area contributed by atoms with E-state index in [0.29, 0.717) is 12.1 Å². The quantitative estimate of drug-likeness (QED) is 0.597. The molecule has 5 heteroatoms. The van der Waals surface area contributed by atoms with E-state index in [2.05, 4.69) is 5.32 Å². The largest absolute Gasteiger partial charge is 0.396 e. The fourth-order valence-electron chi connectivity index (χ4n) is 1.48. The average Bonchev–Trinajstić information content (AvgIpc) is 2.32. The Morgan fingerprint density at radius 2 is 2.24 bits per heavy atom. The maximum Gasteiger partial charge on any atom is 0.253 e. The van der Waals surface area contributed by atoms with E-state index in [9.17, 15) is 9.18 Å². The van der Waals surface area contributed by atoms with Crippen LogP contribution in [-0.4, -0.2) is 38.0 Å². The Morgan fingerprint density at radius 3 is 2.82 bits per heavy atom. The van der Waals surface area contributed by atoms with Gasteiger partial charge >= 0.3 is 0 Å². The highest BCUT2D eigenvalue weighted by Crippen LogP contribution is 2.13. The Bertz CT molecular complexity index is 395. The zero-order valence-electron chi connectivity index (χ0n) is 10.2. The number of carbonyl (C=O) groups is 1. The smallest absolute Gasteiger partial charge is 0.253 e. The van der Waals surface area contributed by atoms with Gasteiger partial charge in [-0.25, -0.2) is 4.39 Å². The lowest BCUT2D eigenvalue weighted by Crippen LogP contribution is -2.29. The molecule has 0 fully saturated rings. The first-order valence-electron chi connectivity index (χ1n) is 5.51. The number of hydrogen-bond donors (Lipinski definition) is 2. The van der Waals surface area contributed by atoms with E-state index in [0.717, 1.165) is 13.0 Å². The van der Waals surface area contributed by atoms with Crippen molar-refractivity contribution in [2.75, 3.05) is 32.9 Å². The average molecular weight is 239 g/mol. The molecule has 0 atom stereocenters. The Balaban J connectivity index is 2.65. The van der Waals surface area contributed by atoms with Gasteiger partial charge in [-0.2, -0.15) is 0 Å². The summed E-state index contributed by atoms with van der Waals surface area (Å²) in [6, 6.07) is 4.12. The summed E-state index contributed by atoms with van der Waals surface area (Å²) in [5.41, 5.74) is 5.73. The number of nitrogen functional groups attached to an aromatic ring is 1. The van der Waals surface area contributed by atoms with Crippen molar-refractivity contribution in [2.45, 2.75) is 6.42 Å². The second-order valence-corrected chi connectivity index (χ2v) is 3.92. The van der Waals surface area contributed by atoms with Crippen molar-refractivity contribution in [3.05, 3.63) is 29.6 Å². The van der Waals surface area contributed by atoms with Crippen LogP contribution in [-0.2, 0) is 0 Å². The molecule has 1 aromatic carbocycles. The van der Waals surface area contributed by atoms with Crippen LogP contribution in [0.1, 0.15) is 16.8 Å². The van der Waals surface area contributed by atoms with Gasteiger partial charge in [0, 0.05) is 19.2 Å². The van der Waals surface area contributed by atoms with E-state index in [1.54, 1.807) is 11.9 Å². The second-order valence-electron chi connectivity index (χ2n) is 3.92. The van der Waals surface area contributed by atoms with E-state index in [4.69, 9.17) is 5.73 Å². The molecular formula is C12H18FN3O. The third-order valence-corrected chi connectivity index (χ3v) is 2.51. The minimum absolute atomic E-state index is 0.0550. The summed E-state index contributed by atoms with van der Waals surface area (Å²) in [5.74, 6) is -0.750. The van der Waals surface area contributed by atoms with Crippen molar-refractivity contribution in [2.24, 2.45) is 0 Å².